The zero-order valence-electron chi connectivity index (χ0n) is 19.3. The lowest BCUT2D eigenvalue weighted by Crippen LogP contribution is -2.32. The van der Waals surface area contributed by atoms with Crippen molar-refractivity contribution in [3.05, 3.63) is 64.7 Å². The van der Waals surface area contributed by atoms with Crippen LogP contribution in [-0.4, -0.2) is 31.2 Å². The van der Waals surface area contributed by atoms with E-state index >= 15 is 0 Å². The van der Waals surface area contributed by atoms with Crippen LogP contribution in [0.25, 0.3) is 0 Å². The number of anilines is 1. The lowest BCUT2D eigenvalue weighted by Gasteiger charge is -2.29. The van der Waals surface area contributed by atoms with Gasteiger partial charge in [-0.05, 0) is 48.2 Å². The fraction of sp³-hybridized carbons (Fsp3) is 0.458. The molecule has 0 unspecified atom stereocenters. The SMILES string of the molecule is CCCN(CCC)c1ccccc1CN(Cc1cc(C(F)(F)F)cc(C(F)(F)F)c1)C(=O)OC. The summed E-state index contributed by atoms with van der Waals surface area (Å²) in [4.78, 5) is 15.7. The first-order valence-corrected chi connectivity index (χ1v) is 10.8. The summed E-state index contributed by atoms with van der Waals surface area (Å²) in [5.41, 5.74) is -1.61. The van der Waals surface area contributed by atoms with Crippen LogP contribution in [-0.2, 0) is 30.2 Å². The average molecular weight is 490 g/mol. The van der Waals surface area contributed by atoms with Gasteiger partial charge in [-0.25, -0.2) is 4.79 Å². The zero-order chi connectivity index (χ0) is 25.5. The molecule has 34 heavy (non-hydrogen) atoms. The smallest absolute Gasteiger partial charge is 0.416 e. The number of hydrogen-bond acceptors (Lipinski definition) is 3. The van der Waals surface area contributed by atoms with Gasteiger partial charge in [0.05, 0.1) is 24.8 Å². The Balaban J connectivity index is 2.46. The fourth-order valence-corrected chi connectivity index (χ4v) is 3.70. The van der Waals surface area contributed by atoms with Crippen LogP contribution < -0.4 is 4.90 Å². The number of nitrogens with zero attached hydrogens (tertiary/aromatic N) is 2. The van der Waals surface area contributed by atoms with Gasteiger partial charge in [0.25, 0.3) is 0 Å². The molecule has 0 N–H and O–H groups in total. The maximum Gasteiger partial charge on any atom is 0.416 e. The van der Waals surface area contributed by atoms with E-state index in [1.54, 1.807) is 12.1 Å². The van der Waals surface area contributed by atoms with E-state index in [-0.39, 0.29) is 18.2 Å². The molecule has 0 radical (unpaired) electrons. The van der Waals surface area contributed by atoms with Crippen molar-refractivity contribution in [1.29, 1.82) is 0 Å². The number of rotatable bonds is 9. The standard InChI is InChI=1S/C24H28F6N2O2/c1-4-10-31(11-5-2)21-9-7-6-8-18(21)16-32(22(33)34-3)15-17-12-19(23(25,26)27)14-20(13-17)24(28,29)30/h6-9,12-14H,4-5,10-11,15-16H2,1-3H3. The average Bonchev–Trinajstić information content (AvgIpc) is 2.77. The summed E-state index contributed by atoms with van der Waals surface area (Å²) >= 11 is 0. The van der Waals surface area contributed by atoms with Crippen LogP contribution >= 0.6 is 0 Å². The Kier molecular flexibility index (Phi) is 9.23. The molecule has 4 nitrogen and oxygen atoms in total. The van der Waals surface area contributed by atoms with E-state index < -0.39 is 36.1 Å². The predicted octanol–water partition coefficient (Wildman–Crippen LogP) is 7.12. The monoisotopic (exact) mass is 490 g/mol. The largest absolute Gasteiger partial charge is 0.453 e. The molecule has 0 saturated carbocycles. The first kappa shape index (κ1) is 27.3. The second-order valence-corrected chi connectivity index (χ2v) is 7.86. The van der Waals surface area contributed by atoms with Gasteiger partial charge in [-0.1, -0.05) is 32.0 Å². The van der Waals surface area contributed by atoms with E-state index in [9.17, 15) is 31.1 Å². The highest BCUT2D eigenvalue weighted by Crippen LogP contribution is 2.36. The summed E-state index contributed by atoms with van der Waals surface area (Å²) in [7, 11) is 1.11. The highest BCUT2D eigenvalue weighted by atomic mass is 19.4. The molecule has 0 spiro atoms. The molecular weight excluding hydrogens is 462 g/mol. The predicted molar refractivity (Wildman–Crippen MR) is 117 cm³/mol. The molecule has 0 fully saturated rings. The number of amides is 1. The summed E-state index contributed by atoms with van der Waals surface area (Å²) < 4.78 is 84.3. The minimum atomic E-state index is -4.97. The Morgan fingerprint density at radius 1 is 0.853 bits per heavy atom. The summed E-state index contributed by atoms with van der Waals surface area (Å²) in [6.07, 6.45) is -9.06. The van der Waals surface area contributed by atoms with E-state index in [4.69, 9.17) is 4.74 Å². The maximum absolute atomic E-state index is 13.3. The zero-order valence-corrected chi connectivity index (χ0v) is 19.3. The van der Waals surface area contributed by atoms with Crippen molar-refractivity contribution in [2.75, 3.05) is 25.1 Å². The van der Waals surface area contributed by atoms with Crippen LogP contribution in [0.2, 0.25) is 0 Å². The Labute approximate surface area is 195 Å². The topological polar surface area (TPSA) is 32.8 Å². The lowest BCUT2D eigenvalue weighted by molar-refractivity contribution is -0.143. The molecule has 0 aliphatic heterocycles. The molecule has 0 aliphatic rings. The molecule has 2 aromatic carbocycles. The van der Waals surface area contributed by atoms with Gasteiger partial charge in [0.2, 0.25) is 0 Å². The Morgan fingerprint density at radius 2 is 1.38 bits per heavy atom. The fourth-order valence-electron chi connectivity index (χ4n) is 3.70. The number of benzene rings is 2. The van der Waals surface area contributed by atoms with Crippen molar-refractivity contribution >= 4 is 11.8 Å². The van der Waals surface area contributed by atoms with E-state index in [1.807, 2.05) is 26.0 Å². The Hall–Kier alpha value is -2.91. The van der Waals surface area contributed by atoms with Gasteiger partial charge < -0.3 is 9.64 Å². The molecule has 188 valence electrons. The molecule has 0 aliphatic carbocycles. The normalized spacial score (nSPS) is 11.9. The highest BCUT2D eigenvalue weighted by molar-refractivity contribution is 5.68. The number of carbonyl (C=O) groups excluding carboxylic acids is 1. The van der Waals surface area contributed by atoms with Gasteiger partial charge in [-0.15, -0.1) is 0 Å². The number of carbonyl (C=O) groups is 1. The highest BCUT2D eigenvalue weighted by Gasteiger charge is 2.37. The molecule has 2 aromatic rings. The van der Waals surface area contributed by atoms with E-state index in [0.717, 1.165) is 43.6 Å². The van der Waals surface area contributed by atoms with Crippen LogP contribution in [0.3, 0.4) is 0 Å². The summed E-state index contributed by atoms with van der Waals surface area (Å²) in [5.74, 6) is 0. The van der Waals surface area contributed by atoms with Crippen molar-refractivity contribution in [3.8, 4) is 0 Å². The molecule has 0 saturated heterocycles. The van der Waals surface area contributed by atoms with Crippen molar-refractivity contribution in [3.63, 3.8) is 0 Å². The Morgan fingerprint density at radius 3 is 1.85 bits per heavy atom. The number of para-hydroxylation sites is 1. The van der Waals surface area contributed by atoms with Crippen LogP contribution in [0.1, 0.15) is 48.9 Å². The molecule has 0 aromatic heterocycles. The van der Waals surface area contributed by atoms with Crippen molar-refractivity contribution < 1.29 is 35.9 Å². The quantitative estimate of drug-likeness (QED) is 0.351. The van der Waals surface area contributed by atoms with Gasteiger partial charge in [0.15, 0.2) is 0 Å². The first-order chi connectivity index (χ1) is 15.9. The van der Waals surface area contributed by atoms with Crippen molar-refractivity contribution in [2.45, 2.75) is 52.1 Å². The molecule has 10 heteroatoms. The molecule has 0 atom stereocenters. The summed E-state index contributed by atoms with van der Waals surface area (Å²) in [6.45, 7) is 5.02. The van der Waals surface area contributed by atoms with Crippen LogP contribution in [0.5, 0.6) is 0 Å². The molecule has 1 amide bonds. The van der Waals surface area contributed by atoms with Crippen molar-refractivity contribution in [1.82, 2.24) is 4.90 Å². The summed E-state index contributed by atoms with van der Waals surface area (Å²) in [6, 6.07) is 8.56. The van der Waals surface area contributed by atoms with E-state index in [1.165, 1.54) is 0 Å². The number of methoxy groups -OCH3 is 1. The van der Waals surface area contributed by atoms with Gasteiger partial charge in [-0.2, -0.15) is 26.3 Å². The molecule has 0 heterocycles. The summed E-state index contributed by atoms with van der Waals surface area (Å²) in [5, 5.41) is 0. The number of hydrogen-bond donors (Lipinski definition) is 0. The van der Waals surface area contributed by atoms with Crippen LogP contribution in [0.4, 0.5) is 36.8 Å². The van der Waals surface area contributed by atoms with Crippen molar-refractivity contribution in [2.24, 2.45) is 0 Å². The maximum atomic E-state index is 13.3. The molecule has 2 rings (SSSR count). The molecular formula is C24H28F6N2O2. The van der Waals surface area contributed by atoms with Crippen LogP contribution in [0, 0.1) is 0 Å². The van der Waals surface area contributed by atoms with E-state index in [0.29, 0.717) is 17.7 Å². The Bertz CT molecular complexity index is 921. The minimum Gasteiger partial charge on any atom is -0.453 e. The third kappa shape index (κ3) is 7.30. The number of ether oxygens (including phenoxy) is 1. The van der Waals surface area contributed by atoms with Gasteiger partial charge >= 0.3 is 18.4 Å². The molecule has 0 bridgehead atoms. The number of alkyl halides is 6. The van der Waals surface area contributed by atoms with Gasteiger partial charge in [-0.3, -0.25) is 4.90 Å². The third-order valence-corrected chi connectivity index (χ3v) is 5.13. The second-order valence-electron chi connectivity index (χ2n) is 7.86. The lowest BCUT2D eigenvalue weighted by atomic mass is 10.0. The number of halogens is 6. The van der Waals surface area contributed by atoms with Crippen LogP contribution in [0.15, 0.2) is 42.5 Å². The van der Waals surface area contributed by atoms with Gasteiger partial charge in [0.1, 0.15) is 0 Å². The van der Waals surface area contributed by atoms with Gasteiger partial charge in [0, 0.05) is 25.3 Å². The minimum absolute atomic E-state index is 0.0512. The third-order valence-electron chi connectivity index (χ3n) is 5.13. The second kappa shape index (κ2) is 11.5. The first-order valence-electron chi connectivity index (χ1n) is 10.8. The van der Waals surface area contributed by atoms with E-state index in [2.05, 4.69) is 4.90 Å².